The molecule has 0 radical (unpaired) electrons. The van der Waals surface area contributed by atoms with Crippen LogP contribution >= 0.6 is 11.6 Å². The molecule has 1 saturated heterocycles. The van der Waals surface area contributed by atoms with Crippen molar-refractivity contribution in [3.8, 4) is 5.75 Å². The number of aromatic nitrogens is 1. The normalized spacial score (nSPS) is 16.7. The summed E-state index contributed by atoms with van der Waals surface area (Å²) < 4.78 is 33.3. The Morgan fingerprint density at radius 2 is 2.03 bits per heavy atom. The van der Waals surface area contributed by atoms with Crippen molar-refractivity contribution in [2.24, 2.45) is 5.92 Å². The molecule has 1 unspecified atom stereocenters. The zero-order valence-electron chi connectivity index (χ0n) is 19.8. The van der Waals surface area contributed by atoms with Gasteiger partial charge >= 0.3 is 0 Å². The molecule has 1 aliphatic heterocycles. The van der Waals surface area contributed by atoms with E-state index in [0.29, 0.717) is 43.2 Å². The van der Waals surface area contributed by atoms with Crippen LogP contribution in [0.25, 0.3) is 10.9 Å². The number of hydrogen-bond donors (Lipinski definition) is 2. The van der Waals surface area contributed by atoms with E-state index < -0.39 is 15.9 Å². The number of fused-ring (bicyclic) bond motifs is 1. The predicted molar refractivity (Wildman–Crippen MR) is 137 cm³/mol. The number of halogens is 1. The number of methoxy groups -OCH3 is 1. The van der Waals surface area contributed by atoms with Crippen LogP contribution in [-0.2, 0) is 14.8 Å². The zero-order chi connectivity index (χ0) is 25.0. The molecule has 0 aliphatic carbocycles. The molecule has 0 saturated carbocycles. The van der Waals surface area contributed by atoms with E-state index >= 15 is 0 Å². The summed E-state index contributed by atoms with van der Waals surface area (Å²) in [5.74, 6) is -0.244. The lowest BCUT2D eigenvalue weighted by atomic mass is 9.99. The highest BCUT2D eigenvalue weighted by molar-refractivity contribution is 7.89. The number of aryl methyl sites for hydroxylation is 1. The van der Waals surface area contributed by atoms with Gasteiger partial charge in [0.05, 0.1) is 18.5 Å². The van der Waals surface area contributed by atoms with Crippen molar-refractivity contribution in [3.63, 3.8) is 0 Å². The number of sulfonamides is 1. The number of piperidine rings is 1. The summed E-state index contributed by atoms with van der Waals surface area (Å²) in [6.45, 7) is 3.29. The van der Waals surface area contributed by atoms with Crippen LogP contribution in [0.5, 0.6) is 5.75 Å². The van der Waals surface area contributed by atoms with Gasteiger partial charge in [-0.05, 0) is 61.7 Å². The lowest BCUT2D eigenvalue weighted by Gasteiger charge is -2.31. The first-order chi connectivity index (χ1) is 16.8. The minimum absolute atomic E-state index is 0.135. The first kappa shape index (κ1) is 25.2. The van der Waals surface area contributed by atoms with E-state index in [2.05, 4.69) is 15.6 Å². The van der Waals surface area contributed by atoms with Crippen LogP contribution < -0.4 is 15.4 Å². The fourth-order valence-corrected chi connectivity index (χ4v) is 6.23. The number of benzene rings is 2. The first-order valence-electron chi connectivity index (χ1n) is 11.5. The van der Waals surface area contributed by atoms with E-state index in [4.69, 9.17) is 16.3 Å². The molecule has 4 rings (SSSR count). The third-order valence-corrected chi connectivity index (χ3v) is 8.26. The highest BCUT2D eigenvalue weighted by Gasteiger charge is 2.34. The average molecular weight is 517 g/mol. The van der Waals surface area contributed by atoms with Gasteiger partial charge in [0.25, 0.3) is 0 Å². The molecule has 10 heteroatoms. The van der Waals surface area contributed by atoms with E-state index in [0.717, 1.165) is 22.2 Å². The number of nitrogens with one attached hydrogen (secondary N) is 2. The number of hydrogen-bond acceptors (Lipinski definition) is 6. The Morgan fingerprint density at radius 1 is 1.20 bits per heavy atom. The van der Waals surface area contributed by atoms with Crippen LogP contribution in [0.1, 0.15) is 18.4 Å². The van der Waals surface area contributed by atoms with Gasteiger partial charge in [-0.25, -0.2) is 8.42 Å². The Balaban J connectivity index is 1.35. The molecule has 0 spiro atoms. The quantitative estimate of drug-likeness (QED) is 0.441. The lowest BCUT2D eigenvalue weighted by Crippen LogP contribution is -2.46. The number of pyridine rings is 1. The molecular weight excluding hydrogens is 488 g/mol. The molecule has 35 heavy (non-hydrogen) atoms. The van der Waals surface area contributed by atoms with E-state index in [1.54, 1.807) is 24.4 Å². The summed E-state index contributed by atoms with van der Waals surface area (Å²) in [6, 6.07) is 12.5. The Morgan fingerprint density at radius 3 is 2.83 bits per heavy atom. The Kier molecular flexibility index (Phi) is 7.78. The van der Waals surface area contributed by atoms with Crippen molar-refractivity contribution >= 4 is 44.1 Å². The SMILES string of the molecule is COc1ccc(C)cc1S(=O)(=O)N1CCCC(C(=O)NCCNc2ccnc3cc(Cl)ccc23)C1. The van der Waals surface area contributed by atoms with Gasteiger partial charge in [-0.15, -0.1) is 0 Å². The van der Waals surface area contributed by atoms with Gasteiger partial charge in [0.2, 0.25) is 15.9 Å². The summed E-state index contributed by atoms with van der Waals surface area (Å²) in [5.41, 5.74) is 2.52. The Labute approximate surface area is 210 Å². The van der Waals surface area contributed by atoms with Crippen LogP contribution in [0.3, 0.4) is 0 Å². The topological polar surface area (TPSA) is 101 Å². The Bertz CT molecular complexity index is 1330. The number of ether oxygens (including phenoxy) is 1. The van der Waals surface area contributed by atoms with Gasteiger partial charge in [-0.1, -0.05) is 17.7 Å². The van der Waals surface area contributed by atoms with E-state index in [1.165, 1.54) is 11.4 Å². The highest BCUT2D eigenvalue weighted by Crippen LogP contribution is 2.30. The van der Waals surface area contributed by atoms with E-state index in [-0.39, 0.29) is 17.3 Å². The van der Waals surface area contributed by atoms with Crippen molar-refractivity contribution in [1.82, 2.24) is 14.6 Å². The maximum atomic E-state index is 13.3. The molecule has 3 aromatic rings. The molecule has 1 atom stereocenters. The molecule has 1 aliphatic rings. The molecule has 186 valence electrons. The first-order valence-corrected chi connectivity index (χ1v) is 13.3. The van der Waals surface area contributed by atoms with Crippen LogP contribution in [0.15, 0.2) is 53.6 Å². The van der Waals surface area contributed by atoms with Crippen molar-refractivity contribution in [2.75, 3.05) is 38.6 Å². The minimum Gasteiger partial charge on any atom is -0.495 e. The molecule has 8 nitrogen and oxygen atoms in total. The third kappa shape index (κ3) is 5.69. The molecular formula is C25H29ClN4O4S. The molecule has 2 N–H and O–H groups in total. The van der Waals surface area contributed by atoms with Crippen LogP contribution in [0, 0.1) is 12.8 Å². The minimum atomic E-state index is -3.78. The van der Waals surface area contributed by atoms with Crippen molar-refractivity contribution in [2.45, 2.75) is 24.7 Å². The smallest absolute Gasteiger partial charge is 0.246 e. The van der Waals surface area contributed by atoms with E-state index in [1.807, 2.05) is 31.2 Å². The lowest BCUT2D eigenvalue weighted by molar-refractivity contribution is -0.125. The fourth-order valence-electron chi connectivity index (χ4n) is 4.30. The molecule has 1 fully saturated rings. The predicted octanol–water partition coefficient (Wildman–Crippen LogP) is 3.83. The Hall–Kier alpha value is -2.88. The van der Waals surface area contributed by atoms with Crippen molar-refractivity contribution in [3.05, 3.63) is 59.2 Å². The van der Waals surface area contributed by atoms with Gasteiger partial charge in [0.1, 0.15) is 10.6 Å². The number of amides is 1. The van der Waals surface area contributed by atoms with Gasteiger partial charge in [0.15, 0.2) is 0 Å². The average Bonchev–Trinajstić information content (AvgIpc) is 2.86. The van der Waals surface area contributed by atoms with Gasteiger partial charge in [-0.2, -0.15) is 4.31 Å². The van der Waals surface area contributed by atoms with Gasteiger partial charge < -0.3 is 15.4 Å². The standard InChI is InChI=1S/C25H29ClN4O4S/c1-17-5-8-23(34-2)24(14-17)35(32,33)30-13-3-4-18(16-30)25(31)29-12-11-28-21-9-10-27-22-15-19(26)6-7-20(21)22/h5-10,14-15,18H,3-4,11-13,16H2,1-2H3,(H,27,28)(H,29,31). The zero-order valence-corrected chi connectivity index (χ0v) is 21.3. The van der Waals surface area contributed by atoms with Crippen LogP contribution in [-0.4, -0.2) is 56.9 Å². The fraction of sp³-hybridized carbons (Fsp3) is 0.360. The number of carbonyl (C=O) groups excluding carboxylic acids is 1. The second-order valence-corrected chi connectivity index (χ2v) is 10.9. The third-order valence-electron chi connectivity index (χ3n) is 6.14. The number of rotatable bonds is 8. The second-order valence-electron chi connectivity index (χ2n) is 8.59. The van der Waals surface area contributed by atoms with Crippen LogP contribution in [0.2, 0.25) is 5.02 Å². The van der Waals surface area contributed by atoms with E-state index in [9.17, 15) is 13.2 Å². The molecule has 1 amide bonds. The number of nitrogens with zero attached hydrogens (tertiary/aromatic N) is 2. The molecule has 2 heterocycles. The summed E-state index contributed by atoms with van der Waals surface area (Å²) >= 11 is 6.05. The summed E-state index contributed by atoms with van der Waals surface area (Å²) in [6.07, 6.45) is 2.97. The molecule has 2 aromatic carbocycles. The van der Waals surface area contributed by atoms with Crippen molar-refractivity contribution in [1.29, 1.82) is 0 Å². The number of anilines is 1. The second kappa shape index (κ2) is 10.8. The maximum Gasteiger partial charge on any atom is 0.246 e. The number of carbonyl (C=O) groups is 1. The largest absolute Gasteiger partial charge is 0.495 e. The highest BCUT2D eigenvalue weighted by atomic mass is 35.5. The van der Waals surface area contributed by atoms with Crippen LogP contribution in [0.4, 0.5) is 5.69 Å². The summed E-state index contributed by atoms with van der Waals surface area (Å²) in [7, 11) is -2.33. The summed E-state index contributed by atoms with van der Waals surface area (Å²) in [5, 5.41) is 7.83. The maximum absolute atomic E-state index is 13.3. The monoisotopic (exact) mass is 516 g/mol. The summed E-state index contributed by atoms with van der Waals surface area (Å²) in [4.78, 5) is 17.3. The molecule has 0 bridgehead atoms. The van der Waals surface area contributed by atoms with Gasteiger partial charge in [0, 0.05) is 48.5 Å². The molecule has 1 aromatic heterocycles. The van der Waals surface area contributed by atoms with Gasteiger partial charge in [-0.3, -0.25) is 9.78 Å². The van der Waals surface area contributed by atoms with Crippen molar-refractivity contribution < 1.29 is 17.9 Å².